The summed E-state index contributed by atoms with van der Waals surface area (Å²) in [6, 6.07) is 2.27. The summed E-state index contributed by atoms with van der Waals surface area (Å²) in [5.41, 5.74) is 0.649. The van der Waals surface area contributed by atoms with E-state index >= 15 is 0 Å². The molecule has 1 fully saturated rings. The van der Waals surface area contributed by atoms with Crippen molar-refractivity contribution in [3.8, 4) is 5.75 Å². The van der Waals surface area contributed by atoms with Crippen molar-refractivity contribution in [1.29, 1.82) is 0 Å². The Bertz CT molecular complexity index is 786. The van der Waals surface area contributed by atoms with E-state index in [1.807, 2.05) is 13.8 Å². The van der Waals surface area contributed by atoms with Crippen molar-refractivity contribution in [1.82, 2.24) is 0 Å². The van der Waals surface area contributed by atoms with Gasteiger partial charge in [-0.15, -0.1) is 6.58 Å². The number of hydrogen-bond donors (Lipinski definition) is 0. The molecule has 1 saturated heterocycles. The standard InChI is InChI=1S/C22H26F2O3/c1-5-13(2)17-12-22(16(6-7-27-22)10-20(17)25)14(3)8-15-9-19(24)21(26-4)11-18(15)23/h5,9-11,13-14,17H,1,6-8,12H2,2-4H3/t13?,14?,17?,22-/m0/s1. The van der Waals surface area contributed by atoms with Gasteiger partial charge in [-0.3, -0.25) is 4.79 Å². The number of allylic oxidation sites excluding steroid dienone is 2. The molecule has 0 amide bonds. The van der Waals surface area contributed by atoms with E-state index in [9.17, 15) is 13.6 Å². The van der Waals surface area contributed by atoms with Gasteiger partial charge in [-0.25, -0.2) is 8.78 Å². The summed E-state index contributed by atoms with van der Waals surface area (Å²) in [6.07, 6.45) is 5.06. The van der Waals surface area contributed by atoms with Crippen LogP contribution < -0.4 is 4.74 Å². The Morgan fingerprint density at radius 3 is 2.78 bits per heavy atom. The summed E-state index contributed by atoms with van der Waals surface area (Å²) in [4.78, 5) is 12.5. The lowest BCUT2D eigenvalue weighted by Gasteiger charge is -2.42. The second-order valence-corrected chi connectivity index (χ2v) is 7.65. The molecule has 0 saturated carbocycles. The van der Waals surface area contributed by atoms with Gasteiger partial charge in [-0.1, -0.05) is 19.9 Å². The van der Waals surface area contributed by atoms with Crippen molar-refractivity contribution in [2.75, 3.05) is 13.7 Å². The zero-order valence-corrected chi connectivity index (χ0v) is 16.1. The Kier molecular flexibility index (Phi) is 5.52. The largest absolute Gasteiger partial charge is 0.494 e. The lowest BCUT2D eigenvalue weighted by atomic mass is 9.66. The molecule has 1 aliphatic carbocycles. The zero-order valence-electron chi connectivity index (χ0n) is 16.1. The van der Waals surface area contributed by atoms with Gasteiger partial charge in [0.25, 0.3) is 0 Å². The maximum Gasteiger partial charge on any atom is 0.165 e. The molecule has 5 heteroatoms. The Hall–Kier alpha value is -2.01. The second kappa shape index (κ2) is 7.55. The predicted octanol–water partition coefficient (Wildman–Crippen LogP) is 4.65. The number of ketones is 1. The van der Waals surface area contributed by atoms with Crippen LogP contribution in [0.4, 0.5) is 8.78 Å². The highest BCUT2D eigenvalue weighted by Crippen LogP contribution is 2.48. The van der Waals surface area contributed by atoms with E-state index in [0.717, 1.165) is 11.6 Å². The highest BCUT2D eigenvalue weighted by molar-refractivity contribution is 5.94. The molecule has 3 unspecified atom stereocenters. The average Bonchev–Trinajstić information content (AvgIpc) is 3.06. The van der Waals surface area contributed by atoms with Crippen LogP contribution in [-0.2, 0) is 16.0 Å². The number of halogens is 2. The van der Waals surface area contributed by atoms with E-state index in [1.165, 1.54) is 13.2 Å². The topological polar surface area (TPSA) is 35.5 Å². The van der Waals surface area contributed by atoms with E-state index in [1.54, 1.807) is 12.2 Å². The first-order valence-electron chi connectivity index (χ1n) is 9.35. The van der Waals surface area contributed by atoms with Gasteiger partial charge >= 0.3 is 0 Å². The number of hydrogen-bond acceptors (Lipinski definition) is 3. The van der Waals surface area contributed by atoms with E-state index in [0.29, 0.717) is 25.9 Å². The number of benzene rings is 1. The molecule has 1 aliphatic heterocycles. The molecular formula is C22H26F2O3. The number of methoxy groups -OCH3 is 1. The summed E-state index contributed by atoms with van der Waals surface area (Å²) >= 11 is 0. The molecule has 27 heavy (non-hydrogen) atoms. The van der Waals surface area contributed by atoms with Crippen LogP contribution in [0.2, 0.25) is 0 Å². The van der Waals surface area contributed by atoms with E-state index in [2.05, 4.69) is 6.58 Å². The van der Waals surface area contributed by atoms with Gasteiger partial charge in [0.05, 0.1) is 19.3 Å². The molecule has 0 bridgehead atoms. The second-order valence-electron chi connectivity index (χ2n) is 7.65. The first-order valence-corrected chi connectivity index (χ1v) is 9.35. The van der Waals surface area contributed by atoms with Crippen LogP contribution in [0.3, 0.4) is 0 Å². The SMILES string of the molecule is C=CC(C)C1C[C@@]2(C(C)Cc3cc(F)c(OC)cc3F)OCCC2=CC1=O. The molecule has 2 aliphatic rings. The third-order valence-corrected chi connectivity index (χ3v) is 6.13. The smallest absolute Gasteiger partial charge is 0.165 e. The highest BCUT2D eigenvalue weighted by Gasteiger charge is 2.50. The molecule has 3 rings (SSSR count). The van der Waals surface area contributed by atoms with E-state index in [4.69, 9.17) is 9.47 Å². The maximum atomic E-state index is 14.4. The molecule has 0 aromatic heterocycles. The molecule has 0 N–H and O–H groups in total. The molecule has 0 radical (unpaired) electrons. The molecule has 1 aromatic rings. The van der Waals surface area contributed by atoms with Crippen molar-refractivity contribution in [2.24, 2.45) is 17.8 Å². The van der Waals surface area contributed by atoms with Crippen LogP contribution >= 0.6 is 0 Å². The van der Waals surface area contributed by atoms with Crippen LogP contribution in [0.5, 0.6) is 5.75 Å². The Morgan fingerprint density at radius 2 is 2.11 bits per heavy atom. The normalized spacial score (nSPS) is 26.9. The van der Waals surface area contributed by atoms with Gasteiger partial charge in [0.15, 0.2) is 17.3 Å². The first-order chi connectivity index (χ1) is 12.8. The summed E-state index contributed by atoms with van der Waals surface area (Å²) < 4.78 is 39.5. The molecular weight excluding hydrogens is 350 g/mol. The minimum atomic E-state index is -0.612. The van der Waals surface area contributed by atoms with Crippen LogP contribution in [0.1, 0.15) is 32.3 Å². The number of carbonyl (C=O) groups excluding carboxylic acids is 1. The van der Waals surface area contributed by atoms with Crippen LogP contribution in [0.15, 0.2) is 36.4 Å². The fourth-order valence-electron chi connectivity index (χ4n) is 4.38. The Balaban J connectivity index is 1.91. The molecule has 146 valence electrons. The van der Waals surface area contributed by atoms with Gasteiger partial charge in [0.1, 0.15) is 5.82 Å². The highest BCUT2D eigenvalue weighted by atomic mass is 19.1. The van der Waals surface area contributed by atoms with Crippen molar-refractivity contribution >= 4 is 5.78 Å². The minimum absolute atomic E-state index is 0.0266. The fraction of sp³-hybridized carbons (Fsp3) is 0.500. The first kappa shape index (κ1) is 19.7. The number of ether oxygens (including phenoxy) is 2. The van der Waals surface area contributed by atoms with Gasteiger partial charge in [0, 0.05) is 12.0 Å². The van der Waals surface area contributed by atoms with Gasteiger partial charge < -0.3 is 9.47 Å². The number of fused-ring (bicyclic) bond motifs is 1. The van der Waals surface area contributed by atoms with Gasteiger partial charge in [-0.05, 0) is 54.4 Å². The molecule has 3 nitrogen and oxygen atoms in total. The lowest BCUT2D eigenvalue weighted by molar-refractivity contribution is -0.124. The monoisotopic (exact) mass is 376 g/mol. The quantitative estimate of drug-likeness (QED) is 0.678. The maximum absolute atomic E-state index is 14.4. The van der Waals surface area contributed by atoms with E-state index < -0.39 is 17.2 Å². The summed E-state index contributed by atoms with van der Waals surface area (Å²) in [5.74, 6) is -1.37. The van der Waals surface area contributed by atoms with E-state index in [-0.39, 0.29) is 34.8 Å². The third kappa shape index (κ3) is 3.45. The van der Waals surface area contributed by atoms with Crippen LogP contribution in [0.25, 0.3) is 0 Å². The predicted molar refractivity (Wildman–Crippen MR) is 99.6 cm³/mol. The van der Waals surface area contributed by atoms with Gasteiger partial charge in [0.2, 0.25) is 0 Å². The van der Waals surface area contributed by atoms with Gasteiger partial charge in [-0.2, -0.15) is 0 Å². The summed E-state index contributed by atoms with van der Waals surface area (Å²) in [7, 11) is 1.31. The zero-order chi connectivity index (χ0) is 19.8. The van der Waals surface area contributed by atoms with Crippen molar-refractivity contribution in [2.45, 2.75) is 38.7 Å². The Labute approximate surface area is 159 Å². The van der Waals surface area contributed by atoms with Crippen molar-refractivity contribution in [3.05, 3.63) is 53.6 Å². The average molecular weight is 376 g/mol. The summed E-state index contributed by atoms with van der Waals surface area (Å²) in [6.45, 7) is 8.30. The van der Waals surface area contributed by atoms with Crippen LogP contribution in [-0.4, -0.2) is 25.1 Å². The van der Waals surface area contributed by atoms with Crippen molar-refractivity contribution < 1.29 is 23.0 Å². The molecule has 1 aromatic carbocycles. The number of rotatable bonds is 6. The molecule has 0 spiro atoms. The Morgan fingerprint density at radius 1 is 1.37 bits per heavy atom. The molecule has 4 atom stereocenters. The van der Waals surface area contributed by atoms with Crippen LogP contribution in [0, 0.1) is 29.4 Å². The fourth-order valence-corrected chi connectivity index (χ4v) is 4.38. The number of carbonyl (C=O) groups is 1. The molecule has 1 heterocycles. The van der Waals surface area contributed by atoms with Crippen molar-refractivity contribution in [3.63, 3.8) is 0 Å². The third-order valence-electron chi connectivity index (χ3n) is 6.13. The minimum Gasteiger partial charge on any atom is -0.494 e. The summed E-state index contributed by atoms with van der Waals surface area (Å²) in [5, 5.41) is 0. The lowest BCUT2D eigenvalue weighted by Crippen LogP contribution is -2.46.